The van der Waals surface area contributed by atoms with E-state index in [1.54, 1.807) is 0 Å². The van der Waals surface area contributed by atoms with Gasteiger partial charge in [-0.05, 0) is 47.6 Å². The van der Waals surface area contributed by atoms with Crippen molar-refractivity contribution in [2.75, 3.05) is 6.54 Å². The Balaban J connectivity index is 1.63. The lowest BCUT2D eigenvalue weighted by atomic mass is 9.87. The fraction of sp³-hybridized carbons (Fsp3) is 0.409. The minimum atomic E-state index is -0.481. The van der Waals surface area contributed by atoms with Gasteiger partial charge in [-0.2, -0.15) is 0 Å². The van der Waals surface area contributed by atoms with Crippen LogP contribution in [0.1, 0.15) is 44.4 Å². The highest BCUT2D eigenvalue weighted by atomic mass is 16.5. The van der Waals surface area contributed by atoms with Crippen LogP contribution in [0.25, 0.3) is 0 Å². The van der Waals surface area contributed by atoms with Crippen LogP contribution in [-0.4, -0.2) is 23.5 Å². The Morgan fingerprint density at radius 1 is 1.04 bits per heavy atom. The minimum Gasteiger partial charge on any atom is -0.481 e. The summed E-state index contributed by atoms with van der Waals surface area (Å²) in [5, 5.41) is 0. The van der Waals surface area contributed by atoms with Crippen LogP contribution < -0.4 is 4.74 Å². The summed E-state index contributed by atoms with van der Waals surface area (Å²) in [6.45, 7) is 9.81. The molecule has 2 aromatic rings. The Hall–Kier alpha value is -2.29. The zero-order valence-corrected chi connectivity index (χ0v) is 15.6. The van der Waals surface area contributed by atoms with E-state index in [0.717, 1.165) is 18.7 Å². The molecule has 1 amide bonds. The van der Waals surface area contributed by atoms with Crippen molar-refractivity contribution >= 4 is 5.91 Å². The highest BCUT2D eigenvalue weighted by molar-refractivity contribution is 5.81. The maximum Gasteiger partial charge on any atom is 0.263 e. The first-order valence-electron chi connectivity index (χ1n) is 8.97. The SMILES string of the molecule is C[C@@H](Oc1ccc(C(C)(C)C)cc1)C(=O)N1CCc2ccccc2C1. The van der Waals surface area contributed by atoms with Gasteiger partial charge in [0, 0.05) is 13.1 Å². The zero-order chi connectivity index (χ0) is 18.0. The molecule has 0 saturated heterocycles. The molecule has 0 aliphatic carbocycles. The summed E-state index contributed by atoms with van der Waals surface area (Å²) < 4.78 is 5.89. The average Bonchev–Trinajstić information content (AvgIpc) is 2.60. The van der Waals surface area contributed by atoms with Crippen LogP contribution in [0.15, 0.2) is 48.5 Å². The van der Waals surface area contributed by atoms with Crippen molar-refractivity contribution in [2.45, 2.75) is 52.2 Å². The van der Waals surface area contributed by atoms with Crippen molar-refractivity contribution in [3.8, 4) is 5.75 Å². The molecule has 25 heavy (non-hydrogen) atoms. The van der Waals surface area contributed by atoms with Gasteiger partial charge in [-0.3, -0.25) is 4.79 Å². The number of amides is 1. The molecule has 1 aliphatic rings. The molecule has 3 rings (SSSR count). The molecule has 0 saturated carbocycles. The maximum atomic E-state index is 12.7. The van der Waals surface area contributed by atoms with Gasteiger partial charge in [0.25, 0.3) is 5.91 Å². The van der Waals surface area contributed by atoms with Gasteiger partial charge in [0.2, 0.25) is 0 Å². The predicted molar refractivity (Wildman–Crippen MR) is 101 cm³/mol. The Morgan fingerprint density at radius 3 is 2.32 bits per heavy atom. The van der Waals surface area contributed by atoms with Gasteiger partial charge in [-0.15, -0.1) is 0 Å². The summed E-state index contributed by atoms with van der Waals surface area (Å²) in [7, 11) is 0. The Bertz CT molecular complexity index is 743. The monoisotopic (exact) mass is 337 g/mol. The number of rotatable bonds is 3. The fourth-order valence-electron chi connectivity index (χ4n) is 3.23. The number of carbonyl (C=O) groups excluding carboxylic acids is 1. The molecule has 1 heterocycles. The first-order valence-corrected chi connectivity index (χ1v) is 8.97. The quantitative estimate of drug-likeness (QED) is 0.834. The average molecular weight is 337 g/mol. The summed E-state index contributed by atoms with van der Waals surface area (Å²) in [5.74, 6) is 0.792. The third-order valence-electron chi connectivity index (χ3n) is 4.82. The molecule has 132 valence electrons. The number of carbonyl (C=O) groups is 1. The molecule has 2 aromatic carbocycles. The van der Waals surface area contributed by atoms with E-state index in [0.29, 0.717) is 6.54 Å². The molecule has 0 bridgehead atoms. The molecule has 0 N–H and O–H groups in total. The number of hydrogen-bond donors (Lipinski definition) is 0. The number of nitrogens with zero attached hydrogens (tertiary/aromatic N) is 1. The standard InChI is InChI=1S/C22H27NO2/c1-16(25-20-11-9-19(10-12-20)22(2,3)4)21(24)23-14-13-17-7-5-6-8-18(17)15-23/h5-12,16H,13-15H2,1-4H3/t16-/m1/s1. The van der Waals surface area contributed by atoms with E-state index in [9.17, 15) is 4.79 Å². The van der Waals surface area contributed by atoms with Crippen LogP contribution in [0.2, 0.25) is 0 Å². The molecule has 0 unspecified atom stereocenters. The van der Waals surface area contributed by atoms with E-state index >= 15 is 0 Å². The van der Waals surface area contributed by atoms with Crippen LogP contribution in [0.5, 0.6) is 5.75 Å². The fourth-order valence-corrected chi connectivity index (χ4v) is 3.23. The van der Waals surface area contributed by atoms with Crippen molar-refractivity contribution < 1.29 is 9.53 Å². The summed E-state index contributed by atoms with van der Waals surface area (Å²) in [4.78, 5) is 14.6. The molecule has 0 aromatic heterocycles. The second kappa shape index (κ2) is 6.91. The molecule has 0 fully saturated rings. The van der Waals surface area contributed by atoms with E-state index in [4.69, 9.17) is 4.74 Å². The first kappa shape index (κ1) is 17.5. The largest absolute Gasteiger partial charge is 0.481 e. The van der Waals surface area contributed by atoms with E-state index in [1.165, 1.54) is 16.7 Å². The van der Waals surface area contributed by atoms with Crippen molar-refractivity contribution in [1.82, 2.24) is 4.90 Å². The third-order valence-corrected chi connectivity index (χ3v) is 4.82. The number of ether oxygens (including phenoxy) is 1. The predicted octanol–water partition coefficient (Wildman–Crippen LogP) is 4.34. The molecule has 0 spiro atoms. The summed E-state index contributed by atoms with van der Waals surface area (Å²) >= 11 is 0. The molecule has 3 heteroatoms. The third kappa shape index (κ3) is 4.04. The minimum absolute atomic E-state index is 0.0504. The van der Waals surface area contributed by atoms with Crippen LogP contribution in [0, 0.1) is 0 Å². The van der Waals surface area contributed by atoms with E-state index in [2.05, 4.69) is 51.1 Å². The summed E-state index contributed by atoms with van der Waals surface area (Å²) in [5.41, 5.74) is 3.95. The Kier molecular flexibility index (Phi) is 4.85. The van der Waals surface area contributed by atoms with Crippen molar-refractivity contribution in [3.63, 3.8) is 0 Å². The van der Waals surface area contributed by atoms with Gasteiger partial charge in [0.1, 0.15) is 5.75 Å². The number of fused-ring (bicyclic) bond motifs is 1. The van der Waals surface area contributed by atoms with Gasteiger partial charge in [-0.25, -0.2) is 0 Å². The molecule has 3 nitrogen and oxygen atoms in total. The van der Waals surface area contributed by atoms with Gasteiger partial charge < -0.3 is 9.64 Å². The maximum absolute atomic E-state index is 12.7. The summed E-state index contributed by atoms with van der Waals surface area (Å²) in [6.07, 6.45) is 0.431. The van der Waals surface area contributed by atoms with Crippen LogP contribution in [0.3, 0.4) is 0 Å². The lowest BCUT2D eigenvalue weighted by Crippen LogP contribution is -2.43. The van der Waals surface area contributed by atoms with Gasteiger partial charge in [0.05, 0.1) is 0 Å². The van der Waals surface area contributed by atoms with Crippen LogP contribution in [0.4, 0.5) is 0 Å². The van der Waals surface area contributed by atoms with Gasteiger partial charge in [0.15, 0.2) is 6.10 Å². The smallest absolute Gasteiger partial charge is 0.263 e. The van der Waals surface area contributed by atoms with Gasteiger partial charge in [-0.1, -0.05) is 57.2 Å². The van der Waals surface area contributed by atoms with Crippen LogP contribution >= 0.6 is 0 Å². The normalized spacial score (nSPS) is 15.4. The van der Waals surface area contributed by atoms with Crippen molar-refractivity contribution in [1.29, 1.82) is 0 Å². The first-order chi connectivity index (χ1) is 11.8. The van der Waals surface area contributed by atoms with E-state index in [1.807, 2.05) is 30.0 Å². The highest BCUT2D eigenvalue weighted by Gasteiger charge is 2.25. The van der Waals surface area contributed by atoms with E-state index in [-0.39, 0.29) is 11.3 Å². The van der Waals surface area contributed by atoms with Crippen LogP contribution in [-0.2, 0) is 23.2 Å². The molecule has 1 atom stereocenters. The molecule has 1 aliphatic heterocycles. The van der Waals surface area contributed by atoms with E-state index < -0.39 is 6.10 Å². The Morgan fingerprint density at radius 2 is 1.68 bits per heavy atom. The second-order valence-electron chi connectivity index (χ2n) is 7.81. The molecular formula is C22H27NO2. The zero-order valence-electron chi connectivity index (χ0n) is 15.6. The second-order valence-corrected chi connectivity index (χ2v) is 7.81. The summed E-state index contributed by atoms with van der Waals surface area (Å²) in [6, 6.07) is 16.4. The topological polar surface area (TPSA) is 29.5 Å². The lowest BCUT2D eigenvalue weighted by molar-refractivity contribution is -0.138. The van der Waals surface area contributed by atoms with Crippen molar-refractivity contribution in [2.24, 2.45) is 0 Å². The molecule has 0 radical (unpaired) electrons. The highest BCUT2D eigenvalue weighted by Crippen LogP contribution is 2.25. The van der Waals surface area contributed by atoms with Gasteiger partial charge >= 0.3 is 0 Å². The Labute approximate surface area is 150 Å². The number of hydrogen-bond acceptors (Lipinski definition) is 2. The van der Waals surface area contributed by atoms with Crippen molar-refractivity contribution in [3.05, 3.63) is 65.2 Å². The number of benzene rings is 2. The lowest BCUT2D eigenvalue weighted by Gasteiger charge is -2.31. The molecular weight excluding hydrogens is 310 g/mol.